The molecule has 0 radical (unpaired) electrons. The van der Waals surface area contributed by atoms with Crippen LogP contribution in [0.5, 0.6) is 0 Å². The molecule has 0 saturated carbocycles. The lowest BCUT2D eigenvalue weighted by Gasteiger charge is -2.06. The van der Waals surface area contributed by atoms with Crippen LogP contribution in [0.25, 0.3) is 11.1 Å². The summed E-state index contributed by atoms with van der Waals surface area (Å²) in [7, 11) is 0. The number of anilines is 1. The van der Waals surface area contributed by atoms with E-state index in [1.807, 2.05) is 6.07 Å². The molecule has 0 spiro atoms. The normalized spacial score (nSPS) is 10.5. The number of nitrogens with zero attached hydrogens (tertiary/aromatic N) is 3. The van der Waals surface area contributed by atoms with Gasteiger partial charge in [-0.05, 0) is 32.0 Å². The number of carbonyl (C=O) groups excluding carboxylic acids is 2. The number of hydrogen-bond acceptors (Lipinski definition) is 9. The van der Waals surface area contributed by atoms with Crippen LogP contribution < -0.4 is 5.73 Å². The first-order chi connectivity index (χ1) is 13.4. The molecule has 1 aromatic carbocycles. The van der Waals surface area contributed by atoms with E-state index in [0.29, 0.717) is 11.3 Å². The fraction of sp³-hybridized carbons (Fsp3) is 0.211. The third kappa shape index (κ3) is 3.61. The highest BCUT2D eigenvalue weighted by Gasteiger charge is 2.24. The average Bonchev–Trinajstić information content (AvgIpc) is 3.02. The molecule has 0 amide bonds. The van der Waals surface area contributed by atoms with Crippen LogP contribution in [0, 0.1) is 18.3 Å². The lowest BCUT2D eigenvalue weighted by Crippen LogP contribution is -2.10. The molecule has 28 heavy (non-hydrogen) atoms. The third-order valence-corrected chi connectivity index (χ3v) is 3.84. The van der Waals surface area contributed by atoms with Crippen LogP contribution in [0.4, 0.5) is 5.82 Å². The number of nitrogen functional groups attached to an aromatic ring is 1. The van der Waals surface area contributed by atoms with Crippen molar-refractivity contribution < 1.29 is 23.5 Å². The summed E-state index contributed by atoms with van der Waals surface area (Å²) in [4.78, 5) is 32.5. The molecule has 142 valence electrons. The Morgan fingerprint density at radius 3 is 2.75 bits per heavy atom. The molecular formula is C19H16N4O5. The maximum atomic E-state index is 12.2. The summed E-state index contributed by atoms with van der Waals surface area (Å²) in [6.07, 6.45) is 0. The molecule has 0 aliphatic carbocycles. The zero-order valence-corrected chi connectivity index (χ0v) is 15.2. The van der Waals surface area contributed by atoms with Gasteiger partial charge in [-0.2, -0.15) is 10.2 Å². The quantitative estimate of drug-likeness (QED) is 0.661. The summed E-state index contributed by atoms with van der Waals surface area (Å²) < 4.78 is 15.7. The van der Waals surface area contributed by atoms with Crippen molar-refractivity contribution in [1.29, 1.82) is 5.26 Å². The summed E-state index contributed by atoms with van der Waals surface area (Å²) in [6.45, 7) is 3.22. The molecule has 0 fully saturated rings. The lowest BCUT2D eigenvalue weighted by atomic mass is 10.1. The number of benzene rings is 1. The summed E-state index contributed by atoms with van der Waals surface area (Å²) in [5.74, 6) is -0.786. The van der Waals surface area contributed by atoms with E-state index in [1.165, 1.54) is 12.1 Å². The predicted molar refractivity (Wildman–Crippen MR) is 97.2 cm³/mol. The van der Waals surface area contributed by atoms with Crippen molar-refractivity contribution in [3.05, 3.63) is 52.5 Å². The molecule has 2 heterocycles. The Bertz CT molecular complexity index is 1110. The van der Waals surface area contributed by atoms with Gasteiger partial charge >= 0.3 is 11.9 Å². The van der Waals surface area contributed by atoms with Gasteiger partial charge in [0.25, 0.3) is 0 Å². The molecule has 9 heteroatoms. The first-order valence-electron chi connectivity index (χ1n) is 8.34. The molecule has 3 rings (SSSR count). The Morgan fingerprint density at radius 2 is 2.04 bits per heavy atom. The van der Waals surface area contributed by atoms with E-state index >= 15 is 0 Å². The van der Waals surface area contributed by atoms with Crippen LogP contribution in [0.15, 0.2) is 28.7 Å². The molecular weight excluding hydrogens is 364 g/mol. The van der Waals surface area contributed by atoms with Gasteiger partial charge in [0, 0.05) is 0 Å². The predicted octanol–water partition coefficient (Wildman–Crippen LogP) is 2.52. The number of nitriles is 1. The highest BCUT2D eigenvalue weighted by atomic mass is 16.5. The smallest absolute Gasteiger partial charge is 0.342 e. The molecule has 0 atom stereocenters. The van der Waals surface area contributed by atoms with Crippen LogP contribution in [0.2, 0.25) is 0 Å². The van der Waals surface area contributed by atoms with Crippen molar-refractivity contribution in [1.82, 2.24) is 9.97 Å². The fourth-order valence-corrected chi connectivity index (χ4v) is 2.63. The van der Waals surface area contributed by atoms with Gasteiger partial charge in [-0.25, -0.2) is 14.6 Å². The minimum absolute atomic E-state index is 0.0161. The van der Waals surface area contributed by atoms with E-state index in [1.54, 1.807) is 26.0 Å². The van der Waals surface area contributed by atoms with E-state index in [4.69, 9.17) is 24.9 Å². The highest BCUT2D eigenvalue weighted by molar-refractivity contribution is 6.07. The number of aryl methyl sites for hydroxylation is 1. The van der Waals surface area contributed by atoms with Crippen molar-refractivity contribution in [2.24, 2.45) is 0 Å². The van der Waals surface area contributed by atoms with E-state index in [-0.39, 0.29) is 47.1 Å². The Hall–Kier alpha value is -3.93. The van der Waals surface area contributed by atoms with E-state index in [0.717, 1.165) is 0 Å². The van der Waals surface area contributed by atoms with Crippen molar-refractivity contribution in [2.75, 3.05) is 12.3 Å². The molecule has 0 aliphatic heterocycles. The molecule has 0 aliphatic rings. The Morgan fingerprint density at radius 1 is 1.25 bits per heavy atom. The number of ether oxygens (including phenoxy) is 2. The zero-order chi connectivity index (χ0) is 20.3. The van der Waals surface area contributed by atoms with Crippen LogP contribution in [0.3, 0.4) is 0 Å². The van der Waals surface area contributed by atoms with Crippen LogP contribution in [-0.4, -0.2) is 28.5 Å². The van der Waals surface area contributed by atoms with Gasteiger partial charge < -0.3 is 19.6 Å². The number of hydrogen-bond donors (Lipinski definition) is 1. The number of aromatic nitrogens is 2. The van der Waals surface area contributed by atoms with Crippen LogP contribution in [-0.2, 0) is 16.1 Å². The monoisotopic (exact) mass is 380 g/mol. The Kier molecular flexibility index (Phi) is 5.22. The largest absolute Gasteiger partial charge is 0.462 e. The van der Waals surface area contributed by atoms with Crippen molar-refractivity contribution in [3.63, 3.8) is 0 Å². The van der Waals surface area contributed by atoms with Crippen LogP contribution >= 0.6 is 0 Å². The van der Waals surface area contributed by atoms with Gasteiger partial charge in [0.05, 0.1) is 29.2 Å². The Balaban J connectivity index is 1.84. The maximum Gasteiger partial charge on any atom is 0.342 e. The number of nitrogens with two attached hydrogens (primary N) is 1. The Labute approximate surface area is 159 Å². The minimum atomic E-state index is -0.637. The van der Waals surface area contributed by atoms with Crippen LogP contribution in [0.1, 0.15) is 44.8 Å². The van der Waals surface area contributed by atoms with E-state index in [9.17, 15) is 9.59 Å². The van der Waals surface area contributed by atoms with Gasteiger partial charge in [-0.1, -0.05) is 6.07 Å². The van der Waals surface area contributed by atoms with Crippen molar-refractivity contribution in [3.8, 4) is 6.07 Å². The fourth-order valence-electron chi connectivity index (χ4n) is 2.63. The minimum Gasteiger partial charge on any atom is -0.462 e. The second kappa shape index (κ2) is 7.75. The number of fused-ring (bicyclic) bond motifs is 1. The summed E-state index contributed by atoms with van der Waals surface area (Å²) >= 11 is 0. The van der Waals surface area contributed by atoms with Crippen molar-refractivity contribution >= 4 is 28.9 Å². The highest BCUT2D eigenvalue weighted by Crippen LogP contribution is 2.29. The molecule has 3 aromatic rings. The molecule has 0 saturated heterocycles. The number of furan rings is 1. The van der Waals surface area contributed by atoms with E-state index < -0.39 is 11.9 Å². The van der Waals surface area contributed by atoms with Gasteiger partial charge in [0.1, 0.15) is 17.1 Å². The van der Waals surface area contributed by atoms with Gasteiger partial charge in [0.15, 0.2) is 12.4 Å². The SMILES string of the molecule is CCOC(=O)c1c(C)oc2nc(COC(=O)c3cccc(C#N)c3)nc(N)c12. The van der Waals surface area contributed by atoms with Gasteiger partial charge in [0.2, 0.25) is 5.71 Å². The second-order valence-corrected chi connectivity index (χ2v) is 5.73. The van der Waals surface area contributed by atoms with Gasteiger partial charge in [-0.3, -0.25) is 0 Å². The number of carbonyl (C=O) groups is 2. The molecule has 2 aromatic heterocycles. The lowest BCUT2D eigenvalue weighted by molar-refractivity contribution is 0.0461. The van der Waals surface area contributed by atoms with E-state index in [2.05, 4.69) is 9.97 Å². The number of rotatable bonds is 5. The van der Waals surface area contributed by atoms with Crippen molar-refractivity contribution in [2.45, 2.75) is 20.5 Å². The molecule has 9 nitrogen and oxygen atoms in total. The molecule has 2 N–H and O–H groups in total. The first-order valence-corrected chi connectivity index (χ1v) is 8.34. The average molecular weight is 380 g/mol. The first kappa shape index (κ1) is 18.8. The summed E-state index contributed by atoms with van der Waals surface area (Å²) in [5.41, 5.74) is 6.81. The standard InChI is InChI=1S/C19H16N4O5/c1-3-26-19(25)14-10(2)28-17-15(14)16(21)22-13(23-17)9-27-18(24)12-6-4-5-11(7-12)8-20/h4-7H,3,9H2,1-2H3,(H2,21,22,23). The molecule has 0 bridgehead atoms. The topological polar surface area (TPSA) is 141 Å². The third-order valence-electron chi connectivity index (χ3n) is 3.84. The summed E-state index contributed by atoms with van der Waals surface area (Å²) in [5, 5.41) is 9.16. The second-order valence-electron chi connectivity index (χ2n) is 5.73. The summed E-state index contributed by atoms with van der Waals surface area (Å²) in [6, 6.07) is 8.06. The number of esters is 2. The van der Waals surface area contributed by atoms with Gasteiger partial charge in [-0.15, -0.1) is 0 Å². The maximum absolute atomic E-state index is 12.2. The zero-order valence-electron chi connectivity index (χ0n) is 15.2. The molecule has 0 unspecified atom stereocenters.